The maximum atomic E-state index is 13.0. The van der Waals surface area contributed by atoms with Crippen molar-refractivity contribution in [1.82, 2.24) is 5.43 Å². The molecule has 1 aromatic carbocycles. The van der Waals surface area contributed by atoms with Gasteiger partial charge in [-0.1, -0.05) is 11.6 Å². The first-order chi connectivity index (χ1) is 7.67. The van der Waals surface area contributed by atoms with E-state index in [9.17, 15) is 4.39 Å². The molecule has 0 radical (unpaired) electrons. The molecule has 1 aliphatic rings. The van der Waals surface area contributed by atoms with Crippen LogP contribution in [0.2, 0.25) is 5.02 Å². The number of aliphatic imine (C=N–C) groups is 1. The molecular weight excluding hydrogens is 231 g/mol. The van der Waals surface area contributed by atoms with Gasteiger partial charge >= 0.3 is 0 Å². The molecule has 1 aromatic rings. The Morgan fingerprint density at radius 1 is 1.44 bits per heavy atom. The normalized spacial score (nSPS) is 16.1. The van der Waals surface area contributed by atoms with E-state index in [0.717, 1.165) is 12.8 Å². The van der Waals surface area contributed by atoms with Gasteiger partial charge in [-0.2, -0.15) is 0 Å². The van der Waals surface area contributed by atoms with Gasteiger partial charge in [0.25, 0.3) is 0 Å². The fraction of sp³-hybridized carbons (Fsp3) is 0.300. The number of hydrogen-bond acceptors (Lipinski definition) is 2. The first-order valence-electron chi connectivity index (χ1n) is 4.95. The highest BCUT2D eigenvalue weighted by atomic mass is 35.5. The summed E-state index contributed by atoms with van der Waals surface area (Å²) in [5, 5.41) is 3.20. The van der Waals surface area contributed by atoms with Crippen LogP contribution in [0.4, 0.5) is 10.1 Å². The second-order valence-electron chi connectivity index (χ2n) is 3.64. The molecule has 1 aliphatic carbocycles. The number of guanidine groups is 1. The average Bonchev–Trinajstić information content (AvgIpc) is 2.99. The number of hydrogen-bond donors (Lipinski definition) is 3. The standard InChI is InChI=1S/C10H12ClFN4/c11-6-3-7(12)5-9(4-6)15-10(16-13)14-8-1-2-8/h3-5,8H,1-2,13H2,(H2,14,15,16). The zero-order valence-electron chi connectivity index (χ0n) is 8.50. The Morgan fingerprint density at radius 3 is 2.75 bits per heavy atom. The van der Waals surface area contributed by atoms with E-state index in [0.29, 0.717) is 22.7 Å². The molecule has 4 nitrogen and oxygen atoms in total. The monoisotopic (exact) mass is 242 g/mol. The summed E-state index contributed by atoms with van der Waals surface area (Å²) in [5.41, 5.74) is 2.95. The average molecular weight is 243 g/mol. The van der Waals surface area contributed by atoms with Crippen molar-refractivity contribution in [3.8, 4) is 0 Å². The van der Waals surface area contributed by atoms with Gasteiger partial charge < -0.3 is 5.32 Å². The third kappa shape index (κ3) is 3.08. The number of halogens is 2. The van der Waals surface area contributed by atoms with E-state index in [1.54, 1.807) is 6.07 Å². The molecule has 0 aliphatic heterocycles. The zero-order chi connectivity index (χ0) is 11.5. The summed E-state index contributed by atoms with van der Waals surface area (Å²) in [6, 6.07) is 4.48. The first kappa shape index (κ1) is 11.2. The maximum Gasteiger partial charge on any atom is 0.210 e. The summed E-state index contributed by atoms with van der Waals surface area (Å²) in [4.78, 5) is 4.27. The molecule has 0 atom stereocenters. The lowest BCUT2D eigenvalue weighted by Crippen LogP contribution is -2.36. The number of anilines is 1. The van der Waals surface area contributed by atoms with Gasteiger partial charge in [0, 0.05) is 10.7 Å². The van der Waals surface area contributed by atoms with Gasteiger partial charge in [-0.05, 0) is 31.0 Å². The summed E-state index contributed by atoms with van der Waals surface area (Å²) in [6.45, 7) is 0. The van der Waals surface area contributed by atoms with Crippen LogP contribution >= 0.6 is 11.6 Å². The van der Waals surface area contributed by atoms with E-state index in [1.807, 2.05) is 0 Å². The summed E-state index contributed by atoms with van der Waals surface area (Å²) in [6.07, 6.45) is 2.13. The number of nitrogens with one attached hydrogen (secondary N) is 2. The molecule has 0 heterocycles. The van der Waals surface area contributed by atoms with Crippen molar-refractivity contribution in [2.75, 3.05) is 5.32 Å². The molecule has 1 saturated carbocycles. The number of nitrogens with two attached hydrogens (primary N) is 1. The van der Waals surface area contributed by atoms with Crippen molar-refractivity contribution >= 4 is 23.2 Å². The molecule has 0 saturated heterocycles. The Morgan fingerprint density at radius 2 is 2.19 bits per heavy atom. The molecule has 1 fully saturated rings. The molecule has 4 N–H and O–H groups in total. The maximum absolute atomic E-state index is 13.0. The van der Waals surface area contributed by atoms with E-state index >= 15 is 0 Å². The minimum absolute atomic E-state index is 0.322. The zero-order valence-corrected chi connectivity index (χ0v) is 9.26. The minimum atomic E-state index is -0.405. The molecule has 0 spiro atoms. The van der Waals surface area contributed by atoms with Crippen molar-refractivity contribution in [2.45, 2.75) is 18.9 Å². The van der Waals surface area contributed by atoms with Crippen LogP contribution < -0.4 is 16.6 Å². The molecular formula is C10H12ClFN4. The molecule has 2 rings (SSSR count). The number of hydrazine groups is 1. The molecule has 16 heavy (non-hydrogen) atoms. The molecule has 0 unspecified atom stereocenters. The topological polar surface area (TPSA) is 62.4 Å². The number of benzene rings is 1. The largest absolute Gasteiger partial charge is 0.325 e. The highest BCUT2D eigenvalue weighted by Crippen LogP contribution is 2.24. The van der Waals surface area contributed by atoms with Gasteiger partial charge in [0.2, 0.25) is 5.96 Å². The van der Waals surface area contributed by atoms with Crippen LogP contribution in [-0.4, -0.2) is 12.0 Å². The van der Waals surface area contributed by atoms with Crippen LogP contribution in [-0.2, 0) is 0 Å². The van der Waals surface area contributed by atoms with Gasteiger partial charge in [-0.3, -0.25) is 5.43 Å². The third-order valence-electron chi connectivity index (χ3n) is 2.12. The number of rotatable bonds is 2. The predicted molar refractivity (Wildman–Crippen MR) is 62.8 cm³/mol. The lowest BCUT2D eigenvalue weighted by molar-refractivity contribution is 0.628. The lowest BCUT2D eigenvalue weighted by Gasteiger charge is -2.09. The quantitative estimate of drug-likeness (QED) is 0.321. The Labute approximate surface area is 97.7 Å². The van der Waals surface area contributed by atoms with Crippen molar-refractivity contribution in [3.63, 3.8) is 0 Å². The summed E-state index contributed by atoms with van der Waals surface area (Å²) >= 11 is 5.72. The van der Waals surface area contributed by atoms with Crippen molar-refractivity contribution in [3.05, 3.63) is 29.0 Å². The summed E-state index contributed by atoms with van der Waals surface area (Å²) in [5.74, 6) is 5.32. The minimum Gasteiger partial charge on any atom is -0.325 e. The summed E-state index contributed by atoms with van der Waals surface area (Å²) in [7, 11) is 0. The summed E-state index contributed by atoms with van der Waals surface area (Å²) < 4.78 is 13.0. The highest BCUT2D eigenvalue weighted by Gasteiger charge is 2.21. The molecule has 6 heteroatoms. The van der Waals surface area contributed by atoms with Gasteiger partial charge in [0.05, 0.1) is 6.04 Å². The van der Waals surface area contributed by atoms with Gasteiger partial charge in [-0.25, -0.2) is 15.2 Å². The van der Waals surface area contributed by atoms with Crippen molar-refractivity contribution < 1.29 is 4.39 Å². The first-order valence-corrected chi connectivity index (χ1v) is 5.32. The predicted octanol–water partition coefficient (Wildman–Crippen LogP) is 1.87. The fourth-order valence-corrected chi connectivity index (χ4v) is 1.48. The lowest BCUT2D eigenvalue weighted by atomic mass is 10.3. The Bertz CT molecular complexity index is 397. The smallest absolute Gasteiger partial charge is 0.210 e. The van der Waals surface area contributed by atoms with E-state index in [2.05, 4.69) is 15.7 Å². The second-order valence-corrected chi connectivity index (χ2v) is 4.07. The fourth-order valence-electron chi connectivity index (χ4n) is 1.25. The van der Waals surface area contributed by atoms with Crippen LogP contribution in [0, 0.1) is 5.82 Å². The molecule has 0 bridgehead atoms. The van der Waals surface area contributed by atoms with Crippen LogP contribution in [0.15, 0.2) is 23.2 Å². The number of nitrogens with zero attached hydrogens (tertiary/aromatic N) is 1. The van der Waals surface area contributed by atoms with E-state index in [4.69, 9.17) is 17.4 Å². The Balaban J connectivity index is 2.11. The van der Waals surface area contributed by atoms with E-state index in [-0.39, 0.29) is 0 Å². The van der Waals surface area contributed by atoms with Crippen LogP contribution in [0.1, 0.15) is 12.8 Å². The molecule has 86 valence electrons. The Hall–Kier alpha value is -1.33. The van der Waals surface area contributed by atoms with Crippen molar-refractivity contribution in [2.24, 2.45) is 10.8 Å². The van der Waals surface area contributed by atoms with E-state index in [1.165, 1.54) is 12.1 Å². The van der Waals surface area contributed by atoms with Crippen LogP contribution in [0.3, 0.4) is 0 Å². The molecule has 0 aromatic heterocycles. The van der Waals surface area contributed by atoms with Crippen molar-refractivity contribution in [1.29, 1.82) is 0 Å². The van der Waals surface area contributed by atoms with Gasteiger partial charge in [0.1, 0.15) is 5.82 Å². The van der Waals surface area contributed by atoms with Crippen LogP contribution in [0.5, 0.6) is 0 Å². The van der Waals surface area contributed by atoms with Gasteiger partial charge in [0.15, 0.2) is 0 Å². The van der Waals surface area contributed by atoms with E-state index < -0.39 is 5.82 Å². The van der Waals surface area contributed by atoms with Gasteiger partial charge in [-0.15, -0.1) is 0 Å². The second kappa shape index (κ2) is 4.67. The molecule has 0 amide bonds. The Kier molecular flexibility index (Phi) is 3.26. The highest BCUT2D eigenvalue weighted by molar-refractivity contribution is 6.30. The SMILES string of the molecule is NNC(=NC1CC1)Nc1cc(F)cc(Cl)c1. The third-order valence-corrected chi connectivity index (χ3v) is 2.34. The van der Waals surface area contributed by atoms with Crippen LogP contribution in [0.25, 0.3) is 0 Å².